The van der Waals surface area contributed by atoms with Gasteiger partial charge in [0.1, 0.15) is 6.54 Å². The van der Waals surface area contributed by atoms with Gasteiger partial charge >= 0.3 is 6.18 Å². The second kappa shape index (κ2) is 7.69. The van der Waals surface area contributed by atoms with Crippen LogP contribution in [0, 0.1) is 0 Å². The van der Waals surface area contributed by atoms with Crippen LogP contribution in [0.4, 0.5) is 13.2 Å². The molecule has 0 heterocycles. The summed E-state index contributed by atoms with van der Waals surface area (Å²) in [5.74, 6) is -0.582. The minimum Gasteiger partial charge on any atom is -0.382 e. The van der Waals surface area contributed by atoms with Gasteiger partial charge in [-0.25, -0.2) is 0 Å². The lowest BCUT2D eigenvalue weighted by Gasteiger charge is -2.27. The van der Waals surface area contributed by atoms with Crippen LogP contribution in [-0.4, -0.2) is 48.8 Å². The Morgan fingerprint density at radius 2 is 1.89 bits per heavy atom. The molecule has 0 bridgehead atoms. The van der Waals surface area contributed by atoms with Gasteiger partial charge in [-0.05, 0) is 27.2 Å². The summed E-state index contributed by atoms with van der Waals surface area (Å²) in [6, 6.07) is 0. The van der Waals surface area contributed by atoms with E-state index >= 15 is 0 Å². The lowest BCUT2D eigenvalue weighted by Crippen LogP contribution is -2.45. The maximum absolute atomic E-state index is 12.4. The van der Waals surface area contributed by atoms with Crippen LogP contribution in [0.2, 0.25) is 0 Å². The van der Waals surface area contributed by atoms with Gasteiger partial charge < -0.3 is 15.4 Å². The number of nitrogens with two attached hydrogens (primary N) is 1. The van der Waals surface area contributed by atoms with E-state index < -0.39 is 24.2 Å². The number of alkyl halides is 3. The first-order valence-corrected chi connectivity index (χ1v) is 6.26. The van der Waals surface area contributed by atoms with Crippen molar-refractivity contribution in [2.24, 2.45) is 5.73 Å². The lowest BCUT2D eigenvalue weighted by molar-refractivity contribution is -0.162. The molecule has 0 saturated heterocycles. The third-order valence-corrected chi connectivity index (χ3v) is 2.25. The van der Waals surface area contributed by atoms with Crippen LogP contribution in [0.1, 0.15) is 33.6 Å². The maximum Gasteiger partial charge on any atom is 0.406 e. The van der Waals surface area contributed by atoms with E-state index in [1.807, 2.05) is 0 Å². The van der Waals surface area contributed by atoms with Gasteiger partial charge in [0, 0.05) is 31.7 Å². The molecule has 0 aromatic carbocycles. The first kappa shape index (κ1) is 18.2. The van der Waals surface area contributed by atoms with Crippen molar-refractivity contribution in [3.8, 4) is 0 Å². The van der Waals surface area contributed by atoms with E-state index in [1.54, 1.807) is 20.8 Å². The Morgan fingerprint density at radius 1 is 1.32 bits per heavy atom. The Bertz CT molecular complexity index is 275. The lowest BCUT2D eigenvalue weighted by atomic mass is 10.0. The topological polar surface area (TPSA) is 55.6 Å². The maximum atomic E-state index is 12.4. The fourth-order valence-corrected chi connectivity index (χ4v) is 1.51. The van der Waals surface area contributed by atoms with Crippen molar-refractivity contribution in [2.75, 3.05) is 26.3 Å². The van der Waals surface area contributed by atoms with Crippen molar-refractivity contribution in [1.29, 1.82) is 0 Å². The standard InChI is InChI=1S/C12H23F3N2O2/c1-4-19-7-5-6-17(9-12(13,14)15)10(18)8-11(2,3)16/h4-9,16H2,1-3H3. The molecule has 0 aromatic heterocycles. The third-order valence-electron chi connectivity index (χ3n) is 2.25. The average molecular weight is 284 g/mol. The molecule has 1 amide bonds. The number of nitrogens with zero attached hydrogens (tertiary/aromatic N) is 1. The van der Waals surface area contributed by atoms with Crippen LogP contribution in [-0.2, 0) is 9.53 Å². The number of carbonyl (C=O) groups is 1. The van der Waals surface area contributed by atoms with Gasteiger partial charge in [-0.1, -0.05) is 0 Å². The molecule has 0 aliphatic carbocycles. The van der Waals surface area contributed by atoms with Crippen LogP contribution in [0.25, 0.3) is 0 Å². The molecule has 0 spiro atoms. The van der Waals surface area contributed by atoms with Crippen LogP contribution in [0.15, 0.2) is 0 Å². The summed E-state index contributed by atoms with van der Waals surface area (Å²) in [5, 5.41) is 0. The monoisotopic (exact) mass is 284 g/mol. The zero-order chi connectivity index (χ0) is 15.1. The highest BCUT2D eigenvalue weighted by Gasteiger charge is 2.33. The molecule has 0 aromatic rings. The molecular weight excluding hydrogens is 261 g/mol. The number of ether oxygens (including phenoxy) is 1. The summed E-state index contributed by atoms with van der Waals surface area (Å²) in [5.41, 5.74) is 4.84. The zero-order valence-electron chi connectivity index (χ0n) is 11.7. The minimum atomic E-state index is -4.40. The molecule has 7 heteroatoms. The van der Waals surface area contributed by atoms with E-state index in [-0.39, 0.29) is 13.0 Å². The summed E-state index contributed by atoms with van der Waals surface area (Å²) in [7, 11) is 0. The van der Waals surface area contributed by atoms with E-state index in [1.165, 1.54) is 0 Å². The first-order chi connectivity index (χ1) is 8.55. The van der Waals surface area contributed by atoms with Gasteiger partial charge in [0.05, 0.1) is 0 Å². The predicted octanol–water partition coefficient (Wildman–Crippen LogP) is 1.93. The highest BCUT2D eigenvalue weighted by Crippen LogP contribution is 2.18. The highest BCUT2D eigenvalue weighted by atomic mass is 19.4. The first-order valence-electron chi connectivity index (χ1n) is 6.26. The molecule has 0 fully saturated rings. The van der Waals surface area contributed by atoms with Gasteiger partial charge in [-0.15, -0.1) is 0 Å². The van der Waals surface area contributed by atoms with Crippen molar-refractivity contribution >= 4 is 5.91 Å². The summed E-state index contributed by atoms with van der Waals surface area (Å²) in [6.07, 6.45) is -4.14. The van der Waals surface area contributed by atoms with Crippen molar-refractivity contribution < 1.29 is 22.7 Å². The van der Waals surface area contributed by atoms with E-state index in [2.05, 4.69) is 0 Å². The zero-order valence-corrected chi connectivity index (χ0v) is 11.7. The van der Waals surface area contributed by atoms with Crippen LogP contribution in [0.3, 0.4) is 0 Å². The van der Waals surface area contributed by atoms with E-state index in [0.717, 1.165) is 4.90 Å². The minimum absolute atomic E-state index is 0.0222. The summed E-state index contributed by atoms with van der Waals surface area (Å²) < 4.78 is 42.3. The van der Waals surface area contributed by atoms with Crippen molar-refractivity contribution in [2.45, 2.75) is 45.3 Å². The number of halogens is 3. The number of amides is 1. The van der Waals surface area contributed by atoms with Crippen molar-refractivity contribution in [3.05, 3.63) is 0 Å². The van der Waals surface area contributed by atoms with Gasteiger partial charge in [-0.2, -0.15) is 13.2 Å². The number of carbonyl (C=O) groups excluding carboxylic acids is 1. The van der Waals surface area contributed by atoms with Crippen LogP contribution >= 0.6 is 0 Å². The molecule has 0 aliphatic rings. The van der Waals surface area contributed by atoms with Gasteiger partial charge in [0.25, 0.3) is 0 Å². The molecule has 0 saturated carbocycles. The van der Waals surface area contributed by atoms with E-state index in [9.17, 15) is 18.0 Å². The fraction of sp³-hybridized carbons (Fsp3) is 0.917. The molecule has 0 aliphatic heterocycles. The Kier molecular flexibility index (Phi) is 7.36. The molecule has 0 atom stereocenters. The molecule has 0 unspecified atom stereocenters. The van der Waals surface area contributed by atoms with E-state index in [0.29, 0.717) is 19.6 Å². The third kappa shape index (κ3) is 10.8. The van der Waals surface area contributed by atoms with Gasteiger partial charge in [0.2, 0.25) is 5.91 Å². The molecular formula is C12H23F3N2O2. The fourth-order valence-electron chi connectivity index (χ4n) is 1.51. The number of hydrogen-bond acceptors (Lipinski definition) is 3. The Labute approximate surface area is 112 Å². The molecule has 4 nitrogen and oxygen atoms in total. The van der Waals surface area contributed by atoms with Crippen molar-refractivity contribution in [1.82, 2.24) is 4.90 Å². The number of hydrogen-bond donors (Lipinski definition) is 1. The highest BCUT2D eigenvalue weighted by molar-refractivity contribution is 5.77. The summed E-state index contributed by atoms with van der Waals surface area (Å²) >= 11 is 0. The van der Waals surface area contributed by atoms with Crippen LogP contribution in [0.5, 0.6) is 0 Å². The second-order valence-corrected chi connectivity index (χ2v) is 5.15. The largest absolute Gasteiger partial charge is 0.406 e. The van der Waals surface area contributed by atoms with Crippen molar-refractivity contribution in [3.63, 3.8) is 0 Å². The molecule has 19 heavy (non-hydrogen) atoms. The molecule has 0 radical (unpaired) electrons. The summed E-state index contributed by atoms with van der Waals surface area (Å²) in [4.78, 5) is 12.6. The average Bonchev–Trinajstić information content (AvgIpc) is 2.18. The number of rotatable bonds is 8. The summed E-state index contributed by atoms with van der Waals surface area (Å²) in [6.45, 7) is 4.64. The smallest absolute Gasteiger partial charge is 0.382 e. The van der Waals surface area contributed by atoms with E-state index in [4.69, 9.17) is 10.5 Å². The quantitative estimate of drug-likeness (QED) is 0.693. The van der Waals surface area contributed by atoms with Gasteiger partial charge in [0.15, 0.2) is 0 Å². The molecule has 114 valence electrons. The predicted molar refractivity (Wildman–Crippen MR) is 66.6 cm³/mol. The van der Waals surface area contributed by atoms with Crippen LogP contribution < -0.4 is 5.73 Å². The Balaban J connectivity index is 4.44. The normalized spacial score (nSPS) is 12.6. The second-order valence-electron chi connectivity index (χ2n) is 5.15. The Hall–Kier alpha value is -0.820. The molecule has 2 N–H and O–H groups in total. The SMILES string of the molecule is CCOCCCN(CC(F)(F)F)C(=O)CC(C)(C)N. The van der Waals surface area contributed by atoms with Gasteiger partial charge in [-0.3, -0.25) is 4.79 Å². The Morgan fingerprint density at radius 3 is 2.32 bits per heavy atom. The molecule has 0 rings (SSSR count).